The number of likely N-dealkylation sites (tertiary alicyclic amines) is 1. The van der Waals surface area contributed by atoms with Gasteiger partial charge in [0.05, 0.1) is 11.8 Å². The average molecular weight is 566 g/mol. The number of amides is 4. The van der Waals surface area contributed by atoms with Crippen molar-refractivity contribution in [3.05, 3.63) is 34.9 Å². The number of hydrogen-bond donors (Lipinski definition) is 1. The normalized spacial score (nSPS) is 25.8. The second-order valence-corrected chi connectivity index (χ2v) is 13.2. The highest BCUT2D eigenvalue weighted by Gasteiger charge is 2.37. The van der Waals surface area contributed by atoms with Crippen molar-refractivity contribution >= 4 is 29.6 Å². The van der Waals surface area contributed by atoms with Crippen LogP contribution < -0.4 is 5.32 Å². The maximum absolute atomic E-state index is 13.4. The second kappa shape index (κ2) is 11.9. The Morgan fingerprint density at radius 3 is 2.02 bits per heavy atom. The predicted molar refractivity (Wildman–Crippen MR) is 151 cm³/mol. The first-order valence-electron chi connectivity index (χ1n) is 15.2. The summed E-state index contributed by atoms with van der Waals surface area (Å²) in [5.41, 5.74) is 2.71. The number of rotatable bonds is 4. The number of piperidine rings is 2. The Hall–Kier alpha value is -3.23. The molecule has 1 unspecified atom stereocenters. The minimum Gasteiger partial charge on any atom is -0.460 e. The maximum Gasteiger partial charge on any atom is 0.309 e. The van der Waals surface area contributed by atoms with Crippen molar-refractivity contribution in [1.29, 1.82) is 0 Å². The van der Waals surface area contributed by atoms with Crippen LogP contribution in [0, 0.1) is 17.8 Å². The molecule has 1 N–H and O–H groups in total. The smallest absolute Gasteiger partial charge is 0.309 e. The Morgan fingerprint density at radius 2 is 1.41 bits per heavy atom. The van der Waals surface area contributed by atoms with Gasteiger partial charge in [0.25, 0.3) is 0 Å². The third kappa shape index (κ3) is 6.81. The summed E-state index contributed by atoms with van der Waals surface area (Å²) < 4.78 is 5.53. The number of benzene rings is 1. The van der Waals surface area contributed by atoms with Crippen molar-refractivity contribution in [2.75, 3.05) is 19.6 Å². The zero-order valence-electron chi connectivity index (χ0n) is 24.6. The van der Waals surface area contributed by atoms with Crippen molar-refractivity contribution in [3.8, 4) is 0 Å². The van der Waals surface area contributed by atoms with Gasteiger partial charge in [0.15, 0.2) is 0 Å². The number of esters is 1. The lowest BCUT2D eigenvalue weighted by atomic mass is 9.80. The van der Waals surface area contributed by atoms with E-state index >= 15 is 0 Å². The molecule has 1 saturated carbocycles. The minimum absolute atomic E-state index is 0.0510. The van der Waals surface area contributed by atoms with Gasteiger partial charge < -0.3 is 14.5 Å². The molecule has 1 aliphatic carbocycles. The maximum atomic E-state index is 13.4. The van der Waals surface area contributed by atoms with E-state index in [2.05, 4.69) is 11.4 Å². The molecule has 1 atom stereocenters. The number of hydrogen-bond acceptors (Lipinski definition) is 6. The molecule has 9 nitrogen and oxygen atoms in total. The molecule has 0 bridgehead atoms. The van der Waals surface area contributed by atoms with Gasteiger partial charge >= 0.3 is 5.97 Å². The summed E-state index contributed by atoms with van der Waals surface area (Å²) in [5, 5.41) is 2.44. The molecule has 9 heteroatoms. The van der Waals surface area contributed by atoms with E-state index in [1.165, 1.54) is 5.56 Å². The quantitative estimate of drug-likeness (QED) is 0.442. The van der Waals surface area contributed by atoms with Crippen molar-refractivity contribution in [2.24, 2.45) is 17.8 Å². The lowest BCUT2D eigenvalue weighted by molar-refractivity contribution is -0.162. The molecule has 0 radical (unpaired) electrons. The molecule has 1 aromatic rings. The van der Waals surface area contributed by atoms with E-state index in [-0.39, 0.29) is 53.3 Å². The summed E-state index contributed by atoms with van der Waals surface area (Å²) in [7, 11) is 0. The Labute approximate surface area is 242 Å². The highest BCUT2D eigenvalue weighted by atomic mass is 16.6. The monoisotopic (exact) mass is 565 g/mol. The molecule has 1 aromatic carbocycles. The summed E-state index contributed by atoms with van der Waals surface area (Å²) in [5.74, 6) is -0.821. The largest absolute Gasteiger partial charge is 0.460 e. The third-order valence-corrected chi connectivity index (χ3v) is 9.17. The number of imide groups is 1. The van der Waals surface area contributed by atoms with Gasteiger partial charge in [-0.25, -0.2) is 0 Å². The lowest BCUT2D eigenvalue weighted by Gasteiger charge is -2.37. The van der Waals surface area contributed by atoms with E-state index in [0.29, 0.717) is 51.9 Å². The van der Waals surface area contributed by atoms with Gasteiger partial charge in [-0.2, -0.15) is 0 Å². The molecule has 0 spiro atoms. The Kier molecular flexibility index (Phi) is 8.52. The molecule has 3 heterocycles. The van der Waals surface area contributed by atoms with E-state index in [0.717, 1.165) is 43.2 Å². The van der Waals surface area contributed by atoms with Crippen molar-refractivity contribution in [2.45, 2.75) is 96.6 Å². The number of ether oxygens (including phenoxy) is 1. The van der Waals surface area contributed by atoms with Crippen LogP contribution in [0.25, 0.3) is 0 Å². The van der Waals surface area contributed by atoms with E-state index in [9.17, 15) is 24.0 Å². The standard InChI is InChI=1S/C32H43N3O6/c1-32(2,3)41-31(40)22-12-15-34(16-13-22)29(38)20-4-6-21(7-5-20)30(39)35-17-14-23-18-24(8-9-25(23)19-35)26-10-11-27(36)33-28(26)37/h8-9,18,20-22,26H,4-7,10-17,19H2,1-3H3,(H,33,36,37)/t20-,21-,26?. The number of carbonyl (C=O) groups is 5. The molecular formula is C32H43N3O6. The lowest BCUT2D eigenvalue weighted by Crippen LogP contribution is -2.45. The molecule has 2 saturated heterocycles. The highest BCUT2D eigenvalue weighted by Crippen LogP contribution is 2.34. The summed E-state index contributed by atoms with van der Waals surface area (Å²) in [6.07, 6.45) is 5.81. The molecule has 4 aliphatic rings. The Morgan fingerprint density at radius 1 is 0.780 bits per heavy atom. The van der Waals surface area contributed by atoms with E-state index in [1.54, 1.807) is 0 Å². The zero-order valence-corrected chi connectivity index (χ0v) is 24.6. The molecule has 3 aliphatic heterocycles. The average Bonchev–Trinajstić information content (AvgIpc) is 2.95. The number of fused-ring (bicyclic) bond motifs is 1. The molecule has 5 rings (SSSR count). The Bertz CT molecular complexity index is 1200. The first kappa shape index (κ1) is 29.3. The number of carbonyl (C=O) groups excluding carboxylic acids is 5. The van der Waals surface area contributed by atoms with Crippen molar-refractivity contribution in [3.63, 3.8) is 0 Å². The molecule has 41 heavy (non-hydrogen) atoms. The first-order chi connectivity index (χ1) is 19.5. The van der Waals surface area contributed by atoms with Crippen LogP contribution in [0.2, 0.25) is 0 Å². The van der Waals surface area contributed by atoms with Gasteiger partial charge in [-0.05, 0) is 88.8 Å². The first-order valence-corrected chi connectivity index (χ1v) is 15.2. The molecule has 0 aromatic heterocycles. The third-order valence-electron chi connectivity index (χ3n) is 9.17. The molecular weight excluding hydrogens is 522 g/mol. The van der Waals surface area contributed by atoms with Gasteiger partial charge in [-0.3, -0.25) is 29.3 Å². The van der Waals surface area contributed by atoms with Crippen molar-refractivity contribution in [1.82, 2.24) is 15.1 Å². The van der Waals surface area contributed by atoms with Crippen LogP contribution in [0.5, 0.6) is 0 Å². The van der Waals surface area contributed by atoms with Crippen LogP contribution in [0.15, 0.2) is 18.2 Å². The van der Waals surface area contributed by atoms with Crippen LogP contribution in [-0.2, 0) is 41.7 Å². The summed E-state index contributed by atoms with van der Waals surface area (Å²) in [6, 6.07) is 6.06. The van der Waals surface area contributed by atoms with E-state index < -0.39 is 5.60 Å². The number of nitrogens with one attached hydrogen (secondary N) is 1. The molecule has 3 fully saturated rings. The molecule has 222 valence electrons. The van der Waals surface area contributed by atoms with Crippen LogP contribution >= 0.6 is 0 Å². The summed E-state index contributed by atoms with van der Waals surface area (Å²) >= 11 is 0. The summed E-state index contributed by atoms with van der Waals surface area (Å²) in [4.78, 5) is 66.7. The van der Waals surface area contributed by atoms with Gasteiger partial charge in [0, 0.05) is 44.4 Å². The van der Waals surface area contributed by atoms with E-state index in [1.807, 2.05) is 42.7 Å². The van der Waals surface area contributed by atoms with E-state index in [4.69, 9.17) is 4.74 Å². The van der Waals surface area contributed by atoms with Gasteiger partial charge in [-0.1, -0.05) is 18.2 Å². The summed E-state index contributed by atoms with van der Waals surface area (Å²) in [6.45, 7) is 7.99. The van der Waals surface area contributed by atoms with Crippen LogP contribution in [-0.4, -0.2) is 64.6 Å². The van der Waals surface area contributed by atoms with Crippen molar-refractivity contribution < 1.29 is 28.7 Å². The topological polar surface area (TPSA) is 113 Å². The fraction of sp³-hybridized carbons (Fsp3) is 0.656. The van der Waals surface area contributed by atoms with Crippen LogP contribution in [0.3, 0.4) is 0 Å². The SMILES string of the molecule is CC(C)(C)OC(=O)C1CCN(C(=O)[C@H]2CC[C@H](C(=O)N3CCc4cc(C5CCC(=O)NC5=O)ccc4C3)CC2)CC1. The van der Waals surface area contributed by atoms with Crippen LogP contribution in [0.1, 0.15) is 94.7 Å². The van der Waals surface area contributed by atoms with Gasteiger partial charge in [0.2, 0.25) is 23.6 Å². The molecule has 4 amide bonds. The van der Waals surface area contributed by atoms with Gasteiger partial charge in [-0.15, -0.1) is 0 Å². The predicted octanol–water partition coefficient (Wildman–Crippen LogP) is 3.48. The highest BCUT2D eigenvalue weighted by molar-refractivity contribution is 6.01. The number of nitrogens with zero attached hydrogens (tertiary/aromatic N) is 2. The Balaban J connectivity index is 1.09. The second-order valence-electron chi connectivity index (χ2n) is 13.2. The van der Waals surface area contributed by atoms with Crippen LogP contribution in [0.4, 0.5) is 0 Å². The fourth-order valence-corrected chi connectivity index (χ4v) is 6.81. The minimum atomic E-state index is -0.501. The van der Waals surface area contributed by atoms with Gasteiger partial charge in [0.1, 0.15) is 5.60 Å². The fourth-order valence-electron chi connectivity index (χ4n) is 6.81. The zero-order chi connectivity index (χ0) is 29.3.